The number of aliphatic hydroxyl groups excluding tert-OH is 1. The van der Waals surface area contributed by atoms with E-state index in [-0.39, 0.29) is 12.5 Å². The van der Waals surface area contributed by atoms with E-state index in [1.807, 2.05) is 51.1 Å². The second-order valence-corrected chi connectivity index (χ2v) is 12.4. The summed E-state index contributed by atoms with van der Waals surface area (Å²) in [6.45, 7) is 7.52. The summed E-state index contributed by atoms with van der Waals surface area (Å²) in [5.41, 5.74) is -7.12. The van der Waals surface area contributed by atoms with Gasteiger partial charge in [0, 0.05) is 0 Å². The van der Waals surface area contributed by atoms with Crippen LogP contribution in [0.4, 0.5) is 0 Å². The molecule has 11 atom stereocenters. The SMILES string of the molecule is C[C@@H]1C(=O)OC2[C@H](O)C34C5CC(C(C)(C)C)C36C(OC(=O)[C@H]6OCc3ccccc3)OC4(C(=O)O5)[C@]21O. The van der Waals surface area contributed by atoms with E-state index in [1.165, 1.54) is 6.92 Å². The molecule has 0 amide bonds. The van der Waals surface area contributed by atoms with E-state index in [0.717, 1.165) is 5.56 Å². The molecule has 37 heavy (non-hydrogen) atoms. The van der Waals surface area contributed by atoms with Gasteiger partial charge in [0.15, 0.2) is 17.8 Å². The van der Waals surface area contributed by atoms with Gasteiger partial charge in [0.05, 0.1) is 23.4 Å². The minimum atomic E-state index is -2.23. The number of hydrogen-bond acceptors (Lipinski definition) is 10. The molecule has 2 N–H and O–H groups in total. The lowest BCUT2D eigenvalue weighted by atomic mass is 9.51. The highest BCUT2D eigenvalue weighted by Gasteiger charge is 3.04. The van der Waals surface area contributed by atoms with Gasteiger partial charge in [0.1, 0.15) is 12.2 Å². The van der Waals surface area contributed by atoms with Crippen molar-refractivity contribution in [2.24, 2.45) is 28.1 Å². The Labute approximate surface area is 213 Å². The lowest BCUT2D eigenvalue weighted by Gasteiger charge is -2.48. The normalized spacial score (nSPS) is 50.9. The van der Waals surface area contributed by atoms with E-state index in [2.05, 4.69) is 0 Å². The second kappa shape index (κ2) is 6.72. The summed E-state index contributed by atoms with van der Waals surface area (Å²) in [7, 11) is 0. The zero-order chi connectivity index (χ0) is 26.3. The van der Waals surface area contributed by atoms with Crippen LogP contribution in [0.2, 0.25) is 0 Å². The van der Waals surface area contributed by atoms with Crippen LogP contribution in [0.15, 0.2) is 30.3 Å². The van der Waals surface area contributed by atoms with Crippen LogP contribution in [0.3, 0.4) is 0 Å². The average Bonchev–Trinajstić information content (AvgIpc) is 3.55. The Kier molecular flexibility index (Phi) is 4.28. The van der Waals surface area contributed by atoms with Crippen molar-refractivity contribution in [3.8, 4) is 0 Å². The van der Waals surface area contributed by atoms with E-state index in [4.69, 9.17) is 23.7 Å². The van der Waals surface area contributed by atoms with Gasteiger partial charge in [-0.2, -0.15) is 0 Å². The fourth-order valence-electron chi connectivity index (χ4n) is 9.05. The van der Waals surface area contributed by atoms with Crippen LogP contribution in [0, 0.1) is 28.1 Å². The van der Waals surface area contributed by atoms with Gasteiger partial charge in [-0.3, -0.25) is 4.79 Å². The third-order valence-electron chi connectivity index (χ3n) is 10.2. The van der Waals surface area contributed by atoms with E-state index in [1.54, 1.807) is 0 Å². The van der Waals surface area contributed by atoms with E-state index in [0.29, 0.717) is 6.42 Å². The Bertz CT molecular complexity index is 1230. The van der Waals surface area contributed by atoms with E-state index >= 15 is 0 Å². The summed E-state index contributed by atoms with van der Waals surface area (Å²) in [5, 5.41) is 24.3. The van der Waals surface area contributed by atoms with Gasteiger partial charge < -0.3 is 33.9 Å². The monoisotopic (exact) mass is 514 g/mol. The lowest BCUT2D eigenvalue weighted by Crippen LogP contribution is -2.67. The van der Waals surface area contributed by atoms with Crippen molar-refractivity contribution in [3.05, 3.63) is 35.9 Å². The Morgan fingerprint density at radius 3 is 2.43 bits per heavy atom. The van der Waals surface area contributed by atoms with Crippen molar-refractivity contribution >= 4 is 17.9 Å². The minimum Gasteiger partial charge on any atom is -0.459 e. The van der Waals surface area contributed by atoms with Crippen LogP contribution in [0.5, 0.6) is 0 Å². The molecule has 198 valence electrons. The van der Waals surface area contributed by atoms with Gasteiger partial charge in [-0.1, -0.05) is 51.1 Å². The van der Waals surface area contributed by atoms with Gasteiger partial charge in [-0.25, -0.2) is 9.59 Å². The van der Waals surface area contributed by atoms with Crippen LogP contribution in [0.25, 0.3) is 0 Å². The van der Waals surface area contributed by atoms with Crippen LogP contribution >= 0.6 is 0 Å². The number of ether oxygens (including phenoxy) is 5. The van der Waals surface area contributed by atoms with Crippen molar-refractivity contribution in [1.82, 2.24) is 0 Å². The van der Waals surface area contributed by atoms with Gasteiger partial charge in [-0.05, 0) is 30.2 Å². The predicted octanol–water partition coefficient (Wildman–Crippen LogP) is 0.855. The number of carbonyl (C=O) groups excluding carboxylic acids is 3. The highest BCUT2D eigenvalue weighted by molar-refractivity contribution is 5.94. The molecular weight excluding hydrogens is 484 g/mol. The molecule has 2 saturated carbocycles. The minimum absolute atomic E-state index is 0.0731. The summed E-state index contributed by atoms with van der Waals surface area (Å²) in [6.07, 6.45) is -6.16. The first-order chi connectivity index (χ1) is 17.4. The molecule has 10 nitrogen and oxygen atoms in total. The number of esters is 3. The zero-order valence-corrected chi connectivity index (χ0v) is 21.0. The molecule has 10 heteroatoms. The summed E-state index contributed by atoms with van der Waals surface area (Å²) >= 11 is 0. The number of benzene rings is 1. The molecule has 6 aliphatic rings. The topological polar surface area (TPSA) is 138 Å². The molecule has 1 aromatic rings. The quantitative estimate of drug-likeness (QED) is 0.441. The smallest absolute Gasteiger partial charge is 0.343 e. The Balaban J connectivity index is 1.47. The average molecular weight is 515 g/mol. The fourth-order valence-corrected chi connectivity index (χ4v) is 9.05. The summed E-state index contributed by atoms with van der Waals surface area (Å²) < 4.78 is 29.9. The molecule has 0 bridgehead atoms. The molecule has 7 unspecified atom stereocenters. The molecule has 1 aromatic carbocycles. The lowest BCUT2D eigenvalue weighted by molar-refractivity contribution is -0.240. The van der Waals surface area contributed by atoms with Gasteiger partial charge in [0.25, 0.3) is 0 Å². The molecule has 4 heterocycles. The van der Waals surface area contributed by atoms with Crippen molar-refractivity contribution in [1.29, 1.82) is 0 Å². The number of hydrogen-bond donors (Lipinski definition) is 2. The van der Waals surface area contributed by atoms with Gasteiger partial charge >= 0.3 is 17.9 Å². The van der Waals surface area contributed by atoms with Gasteiger partial charge in [0.2, 0.25) is 11.9 Å². The number of fused-ring (bicyclic) bond motifs is 1. The van der Waals surface area contributed by atoms with Crippen LogP contribution in [0.1, 0.15) is 39.7 Å². The Morgan fingerprint density at radius 2 is 1.76 bits per heavy atom. The number of aliphatic hydroxyl groups is 2. The van der Waals surface area contributed by atoms with E-state index in [9.17, 15) is 24.6 Å². The highest BCUT2D eigenvalue weighted by Crippen LogP contribution is 2.84. The standard InChI is InChI=1S/C27H30O10/c1-12-19(29)35-17-16(28)25-15-10-14(23(2,3)4)24(25)18(33-11-13-8-6-5-7-9-13)20(30)36-22(24)37-27(25,21(31)34-15)26(12,17)32/h5-9,12,14-18,22,28,32H,10-11H2,1-4H3/t12-,14?,15?,16+,17?,18-,22?,24?,25?,26-,27?/m1/s1. The summed E-state index contributed by atoms with van der Waals surface area (Å²) in [6, 6.07) is 9.31. The van der Waals surface area contributed by atoms with Crippen LogP contribution in [-0.4, -0.2) is 70.0 Å². The van der Waals surface area contributed by atoms with Crippen molar-refractivity contribution in [2.75, 3.05) is 0 Å². The molecule has 7 rings (SSSR count). The maximum atomic E-state index is 13.8. The largest absolute Gasteiger partial charge is 0.459 e. The zero-order valence-electron chi connectivity index (χ0n) is 21.0. The molecule has 0 radical (unpaired) electrons. The Morgan fingerprint density at radius 1 is 1.05 bits per heavy atom. The molecule has 4 aliphatic heterocycles. The van der Waals surface area contributed by atoms with Crippen LogP contribution < -0.4 is 0 Å². The highest BCUT2D eigenvalue weighted by atomic mass is 16.8. The van der Waals surface area contributed by atoms with Crippen molar-refractivity contribution in [3.63, 3.8) is 0 Å². The molecule has 2 aliphatic carbocycles. The van der Waals surface area contributed by atoms with Crippen molar-refractivity contribution < 1.29 is 48.3 Å². The summed E-state index contributed by atoms with van der Waals surface area (Å²) in [5.74, 6) is -3.88. The molecule has 4 saturated heterocycles. The maximum Gasteiger partial charge on any atom is 0.343 e. The van der Waals surface area contributed by atoms with Crippen LogP contribution in [-0.2, 0) is 44.7 Å². The van der Waals surface area contributed by atoms with Gasteiger partial charge in [-0.15, -0.1) is 0 Å². The molecular formula is C27H30O10. The Hall–Kier alpha value is -2.53. The fraction of sp³-hybridized carbons (Fsp3) is 0.667. The first kappa shape index (κ1) is 23.6. The molecule has 2 spiro atoms. The summed E-state index contributed by atoms with van der Waals surface area (Å²) in [4.78, 5) is 39.9. The van der Waals surface area contributed by atoms with Crippen molar-refractivity contribution in [2.45, 2.75) is 82.6 Å². The van der Waals surface area contributed by atoms with E-state index < -0.39 is 82.0 Å². The second-order valence-electron chi connectivity index (χ2n) is 12.4. The third-order valence-corrected chi connectivity index (χ3v) is 10.2. The first-order valence-electron chi connectivity index (χ1n) is 12.8. The number of rotatable bonds is 3. The first-order valence-corrected chi connectivity index (χ1v) is 12.8. The number of carbonyl (C=O) groups is 3. The maximum absolute atomic E-state index is 13.8. The predicted molar refractivity (Wildman–Crippen MR) is 121 cm³/mol. The third kappa shape index (κ3) is 2.14. The molecule has 6 fully saturated rings. The molecule has 0 aromatic heterocycles.